The molecule has 1 saturated carbocycles. The quantitative estimate of drug-likeness (QED) is 0.594. The lowest BCUT2D eigenvalue weighted by molar-refractivity contribution is 0.357. The molecule has 158 valence electrons. The summed E-state index contributed by atoms with van der Waals surface area (Å²) in [6, 6.07) is 4.06. The molecule has 30 heavy (non-hydrogen) atoms. The minimum Gasteiger partial charge on any atom is -0.351 e. The zero-order chi connectivity index (χ0) is 20.5. The zero-order valence-electron chi connectivity index (χ0n) is 17.0. The molecule has 0 bridgehead atoms. The van der Waals surface area contributed by atoms with Crippen LogP contribution in [0.3, 0.4) is 0 Å². The molecule has 7 nitrogen and oxygen atoms in total. The van der Waals surface area contributed by atoms with Crippen molar-refractivity contribution in [2.45, 2.75) is 55.5 Å². The van der Waals surface area contributed by atoms with Crippen molar-refractivity contribution in [3.8, 4) is 0 Å². The first kappa shape index (κ1) is 20.0. The normalized spacial score (nSPS) is 23.2. The summed E-state index contributed by atoms with van der Waals surface area (Å²) in [5.74, 6) is 1.12. The van der Waals surface area contributed by atoms with Crippen LogP contribution in [0.15, 0.2) is 39.0 Å². The number of anilines is 1. The van der Waals surface area contributed by atoms with E-state index in [1.165, 1.54) is 12.8 Å². The molecule has 9 heteroatoms. The SMILES string of the molecule is C[C@H]1CCCC1n1c(=O)ccc2cnc(NC3CCN(Sc4nccs4)CC3)nc21. The summed E-state index contributed by atoms with van der Waals surface area (Å²) in [5, 5.41) is 6.45. The van der Waals surface area contributed by atoms with E-state index in [1.54, 1.807) is 29.4 Å². The van der Waals surface area contributed by atoms with Crippen LogP contribution in [0.4, 0.5) is 5.95 Å². The topological polar surface area (TPSA) is 75.9 Å². The van der Waals surface area contributed by atoms with Gasteiger partial charge in [-0.15, -0.1) is 11.3 Å². The van der Waals surface area contributed by atoms with Crippen LogP contribution in [-0.4, -0.2) is 43.0 Å². The lowest BCUT2D eigenvalue weighted by Gasteiger charge is -2.30. The number of pyridine rings is 1. The van der Waals surface area contributed by atoms with Crippen LogP contribution in [0.1, 0.15) is 45.1 Å². The maximum absolute atomic E-state index is 12.7. The van der Waals surface area contributed by atoms with Crippen molar-refractivity contribution in [3.63, 3.8) is 0 Å². The first-order chi connectivity index (χ1) is 14.7. The van der Waals surface area contributed by atoms with Gasteiger partial charge in [0.1, 0.15) is 5.65 Å². The summed E-state index contributed by atoms with van der Waals surface area (Å²) >= 11 is 3.42. The number of aromatic nitrogens is 4. The van der Waals surface area contributed by atoms with Gasteiger partial charge in [0.2, 0.25) is 5.95 Å². The Kier molecular flexibility index (Phi) is 5.75. The average molecular weight is 443 g/mol. The van der Waals surface area contributed by atoms with E-state index >= 15 is 0 Å². The maximum atomic E-state index is 12.7. The smallest absolute Gasteiger partial charge is 0.252 e. The van der Waals surface area contributed by atoms with Crippen LogP contribution in [0.2, 0.25) is 0 Å². The van der Waals surface area contributed by atoms with E-state index < -0.39 is 0 Å². The van der Waals surface area contributed by atoms with Crippen LogP contribution in [0, 0.1) is 5.92 Å². The Balaban J connectivity index is 1.31. The summed E-state index contributed by atoms with van der Waals surface area (Å²) in [5.41, 5.74) is 0.800. The summed E-state index contributed by atoms with van der Waals surface area (Å²) in [6.07, 6.45) is 9.13. The molecular weight excluding hydrogens is 416 g/mol. The fourth-order valence-corrected chi connectivity index (χ4v) is 6.31. The monoisotopic (exact) mass is 442 g/mol. The zero-order valence-corrected chi connectivity index (χ0v) is 18.7. The Morgan fingerprint density at radius 1 is 1.17 bits per heavy atom. The molecule has 1 aliphatic carbocycles. The van der Waals surface area contributed by atoms with Crippen LogP contribution < -0.4 is 10.9 Å². The molecule has 3 aromatic rings. The average Bonchev–Trinajstić information content (AvgIpc) is 3.41. The van der Waals surface area contributed by atoms with E-state index in [1.807, 2.05) is 28.4 Å². The molecule has 4 heterocycles. The lowest BCUT2D eigenvalue weighted by Crippen LogP contribution is -2.36. The Morgan fingerprint density at radius 3 is 2.77 bits per heavy atom. The predicted octanol–water partition coefficient (Wildman–Crippen LogP) is 4.19. The largest absolute Gasteiger partial charge is 0.351 e. The van der Waals surface area contributed by atoms with Gasteiger partial charge < -0.3 is 5.32 Å². The van der Waals surface area contributed by atoms with Gasteiger partial charge >= 0.3 is 0 Å². The molecule has 2 aliphatic rings. The van der Waals surface area contributed by atoms with Crippen LogP contribution in [-0.2, 0) is 0 Å². The van der Waals surface area contributed by atoms with E-state index in [-0.39, 0.29) is 11.6 Å². The standard InChI is InChI=1S/C21H26N6OS2/c1-14-3-2-4-17(14)27-18(28)6-5-15-13-23-20(25-19(15)27)24-16-7-10-26(11-8-16)30-21-22-9-12-29-21/h5-6,9,12-14,16-17H,2-4,7-8,10-11H2,1H3,(H,23,24,25)/t14-,17?/m0/s1. The van der Waals surface area contributed by atoms with Crippen LogP contribution in [0.25, 0.3) is 11.0 Å². The number of nitrogens with one attached hydrogen (secondary N) is 1. The summed E-state index contributed by atoms with van der Waals surface area (Å²) in [6.45, 7) is 4.24. The second-order valence-corrected chi connectivity index (χ2v) is 10.5. The van der Waals surface area contributed by atoms with Gasteiger partial charge in [-0.05, 0) is 49.6 Å². The summed E-state index contributed by atoms with van der Waals surface area (Å²) < 4.78 is 5.38. The van der Waals surface area contributed by atoms with Crippen molar-refractivity contribution in [2.75, 3.05) is 18.4 Å². The highest BCUT2D eigenvalue weighted by atomic mass is 32.2. The molecule has 1 saturated heterocycles. The number of hydrogen-bond acceptors (Lipinski definition) is 8. The third-order valence-corrected chi connectivity index (χ3v) is 8.18. The number of nitrogens with zero attached hydrogens (tertiary/aromatic N) is 5. The molecule has 3 aromatic heterocycles. The molecule has 2 atom stereocenters. The fraction of sp³-hybridized carbons (Fsp3) is 0.524. The van der Waals surface area contributed by atoms with Gasteiger partial charge in [0, 0.05) is 54.4 Å². The number of hydrogen-bond donors (Lipinski definition) is 1. The molecule has 0 radical (unpaired) electrons. The second kappa shape index (κ2) is 8.64. The molecule has 0 spiro atoms. The number of thiazole rings is 1. The van der Waals surface area contributed by atoms with E-state index in [2.05, 4.69) is 26.5 Å². The molecule has 5 rings (SSSR count). The van der Waals surface area contributed by atoms with Gasteiger partial charge in [-0.25, -0.2) is 14.3 Å². The van der Waals surface area contributed by atoms with Crippen molar-refractivity contribution >= 4 is 40.3 Å². The number of rotatable bonds is 5. The third kappa shape index (κ3) is 4.10. The van der Waals surface area contributed by atoms with Crippen molar-refractivity contribution in [3.05, 3.63) is 40.3 Å². The van der Waals surface area contributed by atoms with Gasteiger partial charge in [-0.1, -0.05) is 13.3 Å². The molecule has 1 aliphatic heterocycles. The van der Waals surface area contributed by atoms with Crippen molar-refractivity contribution in [1.29, 1.82) is 0 Å². The maximum Gasteiger partial charge on any atom is 0.252 e. The van der Waals surface area contributed by atoms with Gasteiger partial charge in [0.25, 0.3) is 5.56 Å². The van der Waals surface area contributed by atoms with Crippen LogP contribution >= 0.6 is 23.3 Å². The van der Waals surface area contributed by atoms with Gasteiger partial charge in [0.05, 0.1) is 0 Å². The fourth-order valence-electron chi connectivity index (χ4n) is 4.58. The van der Waals surface area contributed by atoms with E-state index in [9.17, 15) is 4.79 Å². The summed E-state index contributed by atoms with van der Waals surface area (Å²) in [7, 11) is 0. The Bertz CT molecular complexity index is 1060. The van der Waals surface area contributed by atoms with E-state index in [0.29, 0.717) is 17.9 Å². The van der Waals surface area contributed by atoms with E-state index in [4.69, 9.17) is 4.98 Å². The van der Waals surface area contributed by atoms with Crippen molar-refractivity contribution < 1.29 is 0 Å². The summed E-state index contributed by atoms with van der Waals surface area (Å²) in [4.78, 5) is 26.4. The minimum absolute atomic E-state index is 0.0402. The lowest BCUT2D eigenvalue weighted by atomic mass is 10.1. The minimum atomic E-state index is 0.0402. The van der Waals surface area contributed by atoms with Crippen LogP contribution in [0.5, 0.6) is 0 Å². The molecule has 0 amide bonds. The highest BCUT2D eigenvalue weighted by molar-refractivity contribution is 7.98. The highest BCUT2D eigenvalue weighted by Crippen LogP contribution is 2.35. The Hall–Kier alpha value is -1.97. The number of fused-ring (bicyclic) bond motifs is 1. The van der Waals surface area contributed by atoms with Crippen molar-refractivity contribution in [2.24, 2.45) is 5.92 Å². The Labute approximate surface area is 184 Å². The predicted molar refractivity (Wildman–Crippen MR) is 122 cm³/mol. The molecular formula is C21H26N6OS2. The molecule has 1 N–H and O–H groups in total. The third-order valence-electron chi connectivity index (χ3n) is 6.22. The van der Waals surface area contributed by atoms with Gasteiger partial charge in [-0.3, -0.25) is 9.36 Å². The van der Waals surface area contributed by atoms with Gasteiger partial charge in [-0.2, -0.15) is 4.98 Å². The molecule has 1 unspecified atom stereocenters. The second-order valence-electron chi connectivity index (χ2n) is 8.23. The molecule has 2 fully saturated rings. The first-order valence-electron chi connectivity index (χ1n) is 10.6. The van der Waals surface area contributed by atoms with Crippen molar-refractivity contribution in [1.82, 2.24) is 23.8 Å². The molecule has 0 aromatic carbocycles. The van der Waals surface area contributed by atoms with E-state index in [0.717, 1.165) is 47.7 Å². The Morgan fingerprint density at radius 2 is 2.03 bits per heavy atom. The van der Waals surface area contributed by atoms with Gasteiger partial charge in [0.15, 0.2) is 4.34 Å². The number of piperidine rings is 1. The highest BCUT2D eigenvalue weighted by Gasteiger charge is 2.27. The first-order valence-corrected chi connectivity index (χ1v) is 12.3.